The average molecular weight is 355 g/mol. The minimum absolute atomic E-state index is 0.0218. The van der Waals surface area contributed by atoms with Gasteiger partial charge in [-0.25, -0.2) is 0 Å². The number of hydrogen-bond acceptors (Lipinski definition) is 2. The van der Waals surface area contributed by atoms with Gasteiger partial charge in [-0.1, -0.05) is 71.0 Å². The van der Waals surface area contributed by atoms with Crippen LogP contribution in [0.4, 0.5) is 0 Å². The summed E-state index contributed by atoms with van der Waals surface area (Å²) in [7, 11) is 1.72. The lowest BCUT2D eigenvalue weighted by atomic mass is 9.76. The van der Waals surface area contributed by atoms with E-state index in [1.807, 2.05) is 18.2 Å². The number of hydrogen-bond donors (Lipinski definition) is 0. The molecule has 0 aliphatic heterocycles. The second-order valence-electron chi connectivity index (χ2n) is 8.70. The fraction of sp³-hybridized carbons (Fsp3) is 0.500. The largest absolute Gasteiger partial charge is 0.493 e. The van der Waals surface area contributed by atoms with Crippen molar-refractivity contribution in [3.8, 4) is 11.5 Å². The van der Waals surface area contributed by atoms with Gasteiger partial charge in [-0.3, -0.25) is 0 Å². The highest BCUT2D eigenvalue weighted by atomic mass is 16.5. The van der Waals surface area contributed by atoms with E-state index < -0.39 is 0 Å². The van der Waals surface area contributed by atoms with E-state index in [4.69, 9.17) is 9.47 Å². The van der Waals surface area contributed by atoms with E-state index >= 15 is 0 Å². The zero-order chi connectivity index (χ0) is 19.3. The Hall–Kier alpha value is -1.96. The van der Waals surface area contributed by atoms with Gasteiger partial charge in [-0.05, 0) is 53.9 Å². The molecule has 2 aromatic rings. The Balaban J connectivity index is 2.25. The van der Waals surface area contributed by atoms with Crippen LogP contribution < -0.4 is 9.47 Å². The number of ether oxygens (including phenoxy) is 2. The molecule has 2 atom stereocenters. The van der Waals surface area contributed by atoms with Gasteiger partial charge in [0, 0.05) is 0 Å². The molecular weight excluding hydrogens is 320 g/mol. The van der Waals surface area contributed by atoms with Crippen LogP contribution in [0.1, 0.15) is 71.1 Å². The van der Waals surface area contributed by atoms with Crippen LogP contribution in [0.3, 0.4) is 0 Å². The molecule has 0 aromatic heterocycles. The molecule has 2 aromatic carbocycles. The SMILES string of the molecule is COc1cc(C(CC(C)(C)C)C(C)C)ccc1OC(C)c1ccccc1. The van der Waals surface area contributed by atoms with Crippen LogP contribution in [0.5, 0.6) is 11.5 Å². The monoisotopic (exact) mass is 354 g/mol. The van der Waals surface area contributed by atoms with Crippen molar-refractivity contribution in [2.75, 3.05) is 7.11 Å². The normalized spacial score (nSPS) is 14.2. The van der Waals surface area contributed by atoms with E-state index in [1.54, 1.807) is 7.11 Å². The van der Waals surface area contributed by atoms with Gasteiger partial charge in [0.1, 0.15) is 6.10 Å². The maximum Gasteiger partial charge on any atom is 0.162 e. The summed E-state index contributed by atoms with van der Waals surface area (Å²) in [5.41, 5.74) is 2.78. The van der Waals surface area contributed by atoms with E-state index in [2.05, 4.69) is 71.9 Å². The third-order valence-corrected chi connectivity index (χ3v) is 4.83. The molecule has 26 heavy (non-hydrogen) atoms. The molecular formula is C24H34O2. The number of benzene rings is 2. The first kappa shape index (κ1) is 20.4. The quantitative estimate of drug-likeness (QED) is 0.532. The molecule has 0 radical (unpaired) electrons. The van der Waals surface area contributed by atoms with Crippen molar-refractivity contribution in [1.29, 1.82) is 0 Å². The lowest BCUT2D eigenvalue weighted by Crippen LogP contribution is -2.16. The van der Waals surface area contributed by atoms with E-state index in [0.717, 1.165) is 23.5 Å². The molecule has 0 fully saturated rings. The molecule has 142 valence electrons. The van der Waals surface area contributed by atoms with Crippen LogP contribution >= 0.6 is 0 Å². The molecule has 2 unspecified atom stereocenters. The topological polar surface area (TPSA) is 18.5 Å². The molecule has 2 rings (SSSR count). The Morgan fingerprint density at radius 2 is 1.50 bits per heavy atom. The Morgan fingerprint density at radius 3 is 2.04 bits per heavy atom. The van der Waals surface area contributed by atoms with E-state index in [0.29, 0.717) is 17.3 Å². The van der Waals surface area contributed by atoms with Crippen molar-refractivity contribution >= 4 is 0 Å². The van der Waals surface area contributed by atoms with Gasteiger partial charge >= 0.3 is 0 Å². The molecule has 0 aliphatic rings. The predicted octanol–water partition coefficient (Wildman–Crippen LogP) is 7.01. The maximum atomic E-state index is 6.19. The summed E-state index contributed by atoms with van der Waals surface area (Å²) in [5.74, 6) is 2.69. The summed E-state index contributed by atoms with van der Waals surface area (Å²) in [5, 5.41) is 0. The summed E-state index contributed by atoms with van der Waals surface area (Å²) >= 11 is 0. The molecule has 0 saturated carbocycles. The summed E-state index contributed by atoms with van der Waals surface area (Å²) in [6, 6.07) is 16.7. The van der Waals surface area contributed by atoms with Gasteiger partial charge in [0.05, 0.1) is 7.11 Å². The molecule has 2 heteroatoms. The number of rotatable bonds is 7. The summed E-state index contributed by atoms with van der Waals surface area (Å²) in [6.45, 7) is 13.6. The second-order valence-corrected chi connectivity index (χ2v) is 8.70. The van der Waals surface area contributed by atoms with Crippen LogP contribution in [0.15, 0.2) is 48.5 Å². The van der Waals surface area contributed by atoms with Crippen molar-refractivity contribution in [2.24, 2.45) is 11.3 Å². The highest BCUT2D eigenvalue weighted by molar-refractivity contribution is 5.44. The van der Waals surface area contributed by atoms with Crippen LogP contribution in [0.2, 0.25) is 0 Å². The molecule has 0 heterocycles. The van der Waals surface area contributed by atoms with Crippen molar-refractivity contribution in [1.82, 2.24) is 0 Å². The third kappa shape index (κ3) is 5.52. The van der Waals surface area contributed by atoms with Crippen molar-refractivity contribution in [3.05, 3.63) is 59.7 Å². The molecule has 0 saturated heterocycles. The van der Waals surface area contributed by atoms with Gasteiger partial charge in [0.25, 0.3) is 0 Å². The zero-order valence-corrected chi connectivity index (χ0v) is 17.4. The molecule has 0 spiro atoms. The maximum absolute atomic E-state index is 6.19. The van der Waals surface area contributed by atoms with Crippen molar-refractivity contribution in [3.63, 3.8) is 0 Å². The van der Waals surface area contributed by atoms with Crippen LogP contribution in [-0.2, 0) is 0 Å². The van der Waals surface area contributed by atoms with Gasteiger partial charge in [-0.2, -0.15) is 0 Å². The third-order valence-electron chi connectivity index (χ3n) is 4.83. The molecule has 0 aliphatic carbocycles. The van der Waals surface area contributed by atoms with E-state index in [-0.39, 0.29) is 6.10 Å². The molecule has 2 nitrogen and oxygen atoms in total. The lowest BCUT2D eigenvalue weighted by Gasteiger charge is -2.30. The van der Waals surface area contributed by atoms with Gasteiger partial charge in [0.15, 0.2) is 11.5 Å². The first-order valence-corrected chi connectivity index (χ1v) is 9.61. The summed E-state index contributed by atoms with van der Waals surface area (Å²) < 4.78 is 11.9. The Kier molecular flexibility index (Phi) is 6.75. The Bertz CT molecular complexity index is 683. The van der Waals surface area contributed by atoms with Crippen molar-refractivity contribution in [2.45, 2.75) is 60.0 Å². The second kappa shape index (κ2) is 8.62. The fourth-order valence-electron chi connectivity index (χ4n) is 3.39. The predicted molar refractivity (Wildman–Crippen MR) is 110 cm³/mol. The summed E-state index contributed by atoms with van der Waals surface area (Å²) in [6.07, 6.45) is 1.13. The highest BCUT2D eigenvalue weighted by Crippen LogP contribution is 2.40. The van der Waals surface area contributed by atoms with Crippen molar-refractivity contribution < 1.29 is 9.47 Å². The standard InChI is InChI=1S/C24H34O2/c1-17(2)21(16-24(4,5)6)20-13-14-22(23(15-20)25-7)26-18(3)19-11-9-8-10-12-19/h8-15,17-18,21H,16H2,1-7H3. The van der Waals surface area contributed by atoms with Crippen LogP contribution in [-0.4, -0.2) is 7.11 Å². The minimum Gasteiger partial charge on any atom is -0.493 e. The van der Waals surface area contributed by atoms with Gasteiger partial charge in [0.2, 0.25) is 0 Å². The average Bonchev–Trinajstić information content (AvgIpc) is 2.60. The zero-order valence-electron chi connectivity index (χ0n) is 17.4. The first-order valence-electron chi connectivity index (χ1n) is 9.61. The molecule has 0 amide bonds. The smallest absolute Gasteiger partial charge is 0.162 e. The Morgan fingerprint density at radius 1 is 0.846 bits per heavy atom. The fourth-order valence-corrected chi connectivity index (χ4v) is 3.39. The minimum atomic E-state index is -0.0218. The van der Waals surface area contributed by atoms with Gasteiger partial charge < -0.3 is 9.47 Å². The highest BCUT2D eigenvalue weighted by Gasteiger charge is 2.24. The summed E-state index contributed by atoms with van der Waals surface area (Å²) in [4.78, 5) is 0. The lowest BCUT2D eigenvalue weighted by molar-refractivity contribution is 0.215. The van der Waals surface area contributed by atoms with Crippen LogP contribution in [0, 0.1) is 11.3 Å². The Labute approximate surface area is 159 Å². The molecule has 0 N–H and O–H groups in total. The van der Waals surface area contributed by atoms with E-state index in [1.165, 1.54) is 5.56 Å². The molecule has 0 bridgehead atoms. The van der Waals surface area contributed by atoms with E-state index in [9.17, 15) is 0 Å². The van der Waals surface area contributed by atoms with Gasteiger partial charge in [-0.15, -0.1) is 0 Å². The van der Waals surface area contributed by atoms with Crippen LogP contribution in [0.25, 0.3) is 0 Å². The first-order chi connectivity index (χ1) is 12.2. The number of methoxy groups -OCH3 is 1.